The number of sulfonamides is 1. The molecule has 3 aromatic rings. The van der Waals surface area contributed by atoms with Crippen LogP contribution in [0.15, 0.2) is 36.9 Å². The molecule has 1 unspecified atom stereocenters. The van der Waals surface area contributed by atoms with E-state index in [9.17, 15) is 13.2 Å². The van der Waals surface area contributed by atoms with Gasteiger partial charge in [-0.1, -0.05) is 12.8 Å². The first-order valence-corrected chi connectivity index (χ1v) is 16.0. The monoisotopic (exact) mass is 585 g/mol. The van der Waals surface area contributed by atoms with E-state index in [-0.39, 0.29) is 17.1 Å². The number of thiazole rings is 1. The minimum atomic E-state index is -3.48. The maximum Gasteiger partial charge on any atom is 0.280 e. The van der Waals surface area contributed by atoms with Crippen LogP contribution in [0.5, 0.6) is 5.88 Å². The lowest BCUT2D eigenvalue weighted by molar-refractivity contribution is 0.0757. The largest absolute Gasteiger partial charge is 0.477 e. The summed E-state index contributed by atoms with van der Waals surface area (Å²) in [6, 6.07) is 3.41. The molecular weight excluding hydrogens is 550 g/mol. The number of anilines is 1. The lowest BCUT2D eigenvalue weighted by Gasteiger charge is -2.43. The molecule has 1 atom stereocenters. The van der Waals surface area contributed by atoms with Gasteiger partial charge in [0.25, 0.3) is 5.91 Å². The van der Waals surface area contributed by atoms with Gasteiger partial charge in [-0.25, -0.2) is 18.4 Å². The summed E-state index contributed by atoms with van der Waals surface area (Å²) in [5, 5.41) is 3.07. The number of rotatable bonds is 11. The summed E-state index contributed by atoms with van der Waals surface area (Å²) >= 11 is 1.22. The van der Waals surface area contributed by atoms with E-state index in [1.54, 1.807) is 36.9 Å². The molecule has 0 radical (unpaired) electrons. The predicted molar refractivity (Wildman–Crippen MR) is 154 cm³/mol. The normalized spacial score (nSPS) is 20.2. The number of carbonyl (C=O) groups excluding carboxylic acids is 1. The van der Waals surface area contributed by atoms with Crippen molar-refractivity contribution >= 4 is 33.0 Å². The van der Waals surface area contributed by atoms with Crippen LogP contribution in [0, 0.1) is 5.92 Å². The highest BCUT2D eigenvalue weighted by Gasteiger charge is 2.39. The molecule has 1 amide bonds. The third-order valence-corrected chi connectivity index (χ3v) is 10.5. The van der Waals surface area contributed by atoms with Crippen molar-refractivity contribution in [3.8, 4) is 16.5 Å². The summed E-state index contributed by atoms with van der Waals surface area (Å²) in [7, 11) is 0.611. The molecule has 3 heterocycles. The molecule has 0 saturated heterocycles. The molecule has 2 saturated carbocycles. The van der Waals surface area contributed by atoms with Crippen molar-refractivity contribution in [1.29, 1.82) is 0 Å². The minimum Gasteiger partial charge on any atom is -0.477 e. The Kier molecular flexibility index (Phi) is 8.62. The van der Waals surface area contributed by atoms with Gasteiger partial charge in [0.05, 0.1) is 46.6 Å². The Labute approximate surface area is 238 Å². The lowest BCUT2D eigenvalue weighted by Crippen LogP contribution is -2.47. The highest BCUT2D eigenvalue weighted by molar-refractivity contribution is 7.93. The Hall–Kier alpha value is -3.16. The molecule has 13 heteroatoms. The van der Waals surface area contributed by atoms with Crippen LogP contribution >= 0.6 is 11.3 Å². The molecule has 40 heavy (non-hydrogen) atoms. The van der Waals surface area contributed by atoms with Gasteiger partial charge in [0.2, 0.25) is 15.9 Å². The van der Waals surface area contributed by atoms with Gasteiger partial charge in [0.15, 0.2) is 5.01 Å². The first kappa shape index (κ1) is 28.4. The van der Waals surface area contributed by atoms with E-state index >= 15 is 0 Å². The van der Waals surface area contributed by atoms with Crippen LogP contribution in [0.4, 0.5) is 5.69 Å². The van der Waals surface area contributed by atoms with Gasteiger partial charge in [-0.05, 0) is 64.8 Å². The predicted octanol–water partition coefficient (Wildman–Crippen LogP) is 3.89. The highest BCUT2D eigenvalue weighted by atomic mass is 32.2. The zero-order valence-corrected chi connectivity index (χ0v) is 24.5. The number of ether oxygens (including phenoxy) is 1. The fraction of sp³-hybridized carbons (Fsp3) is 0.519. The fourth-order valence-electron chi connectivity index (χ4n) is 5.27. The molecule has 3 aromatic heterocycles. The summed E-state index contributed by atoms with van der Waals surface area (Å²) in [5.41, 5.74) is 1.66. The lowest BCUT2D eigenvalue weighted by atomic mass is 9.74. The zero-order valence-electron chi connectivity index (χ0n) is 22.9. The van der Waals surface area contributed by atoms with Crippen LogP contribution in [0.2, 0.25) is 0 Å². The maximum atomic E-state index is 13.4. The van der Waals surface area contributed by atoms with Crippen LogP contribution in [0.1, 0.15) is 67.0 Å². The average Bonchev–Trinajstić information content (AvgIpc) is 3.61. The third-order valence-electron chi connectivity index (χ3n) is 7.60. The molecule has 11 nitrogen and oxygen atoms in total. The van der Waals surface area contributed by atoms with Gasteiger partial charge >= 0.3 is 0 Å². The second kappa shape index (κ2) is 12.1. The Bertz CT molecular complexity index is 1430. The number of hydrogen-bond acceptors (Lipinski definition) is 10. The standard InChI is InChI=1S/C27H35N7O4S2/c1-4-38-24-16-28-14-22(31-24)23-15-30-27(39-23)26(35)32-25(17-11-19(12-17)34(2)3)21-13-18(9-10-29-21)33-40(36,37)20-7-5-6-8-20/h9-10,13-17,19-20,25H,4-8,11-12H2,1-3H3,(H,29,33)(H,32,35). The highest BCUT2D eigenvalue weighted by Crippen LogP contribution is 2.40. The number of nitrogens with one attached hydrogen (secondary N) is 2. The maximum absolute atomic E-state index is 13.4. The second-order valence-electron chi connectivity index (χ2n) is 10.5. The number of carbonyl (C=O) groups is 1. The molecule has 2 fully saturated rings. The van der Waals surface area contributed by atoms with E-state index < -0.39 is 16.1 Å². The topological polar surface area (TPSA) is 139 Å². The van der Waals surface area contributed by atoms with Gasteiger partial charge < -0.3 is 15.0 Å². The van der Waals surface area contributed by atoms with Crippen LogP contribution in [0.3, 0.4) is 0 Å². The van der Waals surface area contributed by atoms with E-state index in [1.807, 2.05) is 21.0 Å². The number of aromatic nitrogens is 4. The number of hydrogen-bond donors (Lipinski definition) is 2. The van der Waals surface area contributed by atoms with Crippen molar-refractivity contribution in [2.24, 2.45) is 5.92 Å². The van der Waals surface area contributed by atoms with Gasteiger partial charge in [0, 0.05) is 18.4 Å². The molecule has 0 bridgehead atoms. The summed E-state index contributed by atoms with van der Waals surface area (Å²) in [6.07, 6.45) is 11.3. The van der Waals surface area contributed by atoms with E-state index in [0.717, 1.165) is 25.7 Å². The number of nitrogens with zero attached hydrogens (tertiary/aromatic N) is 5. The summed E-state index contributed by atoms with van der Waals surface area (Å²) in [6.45, 7) is 2.35. The molecular formula is C27H35N7O4S2. The molecule has 2 N–H and O–H groups in total. The van der Waals surface area contributed by atoms with Crippen molar-refractivity contribution in [3.05, 3.63) is 47.6 Å². The first-order chi connectivity index (χ1) is 19.2. The van der Waals surface area contributed by atoms with Gasteiger partial charge in [-0.3, -0.25) is 19.5 Å². The second-order valence-corrected chi connectivity index (χ2v) is 13.5. The van der Waals surface area contributed by atoms with Crippen molar-refractivity contribution in [2.45, 2.75) is 62.8 Å². The molecule has 2 aliphatic rings. The minimum absolute atomic E-state index is 0.152. The molecule has 0 spiro atoms. The van der Waals surface area contributed by atoms with Gasteiger partial charge in [-0.15, -0.1) is 11.3 Å². The van der Waals surface area contributed by atoms with Crippen molar-refractivity contribution < 1.29 is 17.9 Å². The third kappa shape index (κ3) is 6.42. The van der Waals surface area contributed by atoms with Crippen LogP contribution in [0.25, 0.3) is 10.6 Å². The van der Waals surface area contributed by atoms with Crippen LogP contribution in [-0.4, -0.2) is 71.2 Å². The van der Waals surface area contributed by atoms with Gasteiger partial charge in [-0.2, -0.15) is 0 Å². The van der Waals surface area contributed by atoms with E-state index in [0.29, 0.717) is 58.3 Å². The first-order valence-electron chi connectivity index (χ1n) is 13.6. The summed E-state index contributed by atoms with van der Waals surface area (Å²) < 4.78 is 34.0. The molecule has 0 aliphatic heterocycles. The fourth-order valence-corrected chi connectivity index (χ4v) is 7.62. The quantitative estimate of drug-likeness (QED) is 0.343. The SMILES string of the molecule is CCOc1cncc(-c2cnc(C(=O)NC(c3cc(NS(=O)(=O)C4CCCC4)ccn3)C3CC(N(C)C)C3)s2)n1. The Morgan fingerprint density at radius 1 is 1.18 bits per heavy atom. The van der Waals surface area contributed by atoms with Crippen molar-refractivity contribution in [2.75, 3.05) is 25.4 Å². The summed E-state index contributed by atoms with van der Waals surface area (Å²) in [4.78, 5) is 33.8. The van der Waals surface area contributed by atoms with E-state index in [1.165, 1.54) is 11.3 Å². The van der Waals surface area contributed by atoms with Crippen molar-refractivity contribution in [3.63, 3.8) is 0 Å². The molecule has 214 valence electrons. The van der Waals surface area contributed by atoms with Crippen LogP contribution < -0.4 is 14.8 Å². The van der Waals surface area contributed by atoms with E-state index in [4.69, 9.17) is 4.74 Å². The number of pyridine rings is 1. The van der Waals surface area contributed by atoms with Gasteiger partial charge in [0.1, 0.15) is 5.69 Å². The van der Waals surface area contributed by atoms with Crippen molar-refractivity contribution in [1.82, 2.24) is 30.2 Å². The summed E-state index contributed by atoms with van der Waals surface area (Å²) in [5.74, 6) is 0.246. The Morgan fingerprint density at radius 3 is 2.67 bits per heavy atom. The molecule has 2 aliphatic carbocycles. The number of amides is 1. The molecule has 5 rings (SSSR count). The smallest absolute Gasteiger partial charge is 0.280 e. The average molecular weight is 586 g/mol. The zero-order chi connectivity index (χ0) is 28.3. The molecule has 0 aromatic carbocycles. The Balaban J connectivity index is 1.35. The van der Waals surface area contributed by atoms with E-state index in [2.05, 4.69) is 34.9 Å². The van der Waals surface area contributed by atoms with Crippen LogP contribution in [-0.2, 0) is 10.0 Å². The Morgan fingerprint density at radius 2 is 1.95 bits per heavy atom.